The molecule has 1 unspecified atom stereocenters. The molecule has 0 radical (unpaired) electrons. The third-order valence-electron chi connectivity index (χ3n) is 4.77. The van der Waals surface area contributed by atoms with Gasteiger partial charge in [-0.15, -0.1) is 0 Å². The molecule has 0 aromatic heterocycles. The zero-order chi connectivity index (χ0) is 18.1. The SMILES string of the molecule is COC(=O)[C@H](C)NC(=O)C1N(C(=O)OC(C)(C)C)CC12CCCC2. The van der Waals surface area contributed by atoms with Crippen LogP contribution in [0.2, 0.25) is 0 Å². The lowest BCUT2D eigenvalue weighted by atomic mass is 9.69. The van der Waals surface area contributed by atoms with Crippen LogP contribution in [0, 0.1) is 5.41 Å². The van der Waals surface area contributed by atoms with Gasteiger partial charge in [-0.2, -0.15) is 0 Å². The Bertz CT molecular complexity index is 520. The Morgan fingerprint density at radius 3 is 2.29 bits per heavy atom. The van der Waals surface area contributed by atoms with Gasteiger partial charge in [0.05, 0.1) is 7.11 Å². The molecule has 1 N–H and O–H groups in total. The summed E-state index contributed by atoms with van der Waals surface area (Å²) in [4.78, 5) is 38.2. The monoisotopic (exact) mass is 340 g/mol. The van der Waals surface area contributed by atoms with Crippen molar-refractivity contribution >= 4 is 18.0 Å². The van der Waals surface area contributed by atoms with Gasteiger partial charge in [-0.05, 0) is 40.5 Å². The molecule has 2 atom stereocenters. The fraction of sp³-hybridized carbons (Fsp3) is 0.824. The molecule has 0 aromatic carbocycles. The first-order chi connectivity index (χ1) is 11.1. The van der Waals surface area contributed by atoms with Gasteiger partial charge < -0.3 is 14.8 Å². The van der Waals surface area contributed by atoms with Crippen LogP contribution in [0.1, 0.15) is 53.4 Å². The quantitative estimate of drug-likeness (QED) is 0.793. The second kappa shape index (κ2) is 6.61. The van der Waals surface area contributed by atoms with E-state index in [2.05, 4.69) is 10.1 Å². The lowest BCUT2D eigenvalue weighted by Crippen LogP contribution is -2.71. The maximum absolute atomic E-state index is 12.7. The second-order valence-electron chi connectivity index (χ2n) is 7.83. The Kier molecular flexibility index (Phi) is 5.11. The number of nitrogens with zero attached hydrogens (tertiary/aromatic N) is 1. The summed E-state index contributed by atoms with van der Waals surface area (Å²) in [6.45, 7) is 7.49. The number of likely N-dealkylation sites (tertiary alicyclic amines) is 1. The predicted octanol–water partition coefficient (Wildman–Crippen LogP) is 1.84. The van der Waals surface area contributed by atoms with E-state index < -0.39 is 29.7 Å². The second-order valence-corrected chi connectivity index (χ2v) is 7.83. The van der Waals surface area contributed by atoms with E-state index in [-0.39, 0.29) is 11.3 Å². The summed E-state index contributed by atoms with van der Waals surface area (Å²) in [5, 5.41) is 2.67. The number of esters is 1. The van der Waals surface area contributed by atoms with E-state index in [4.69, 9.17) is 4.74 Å². The summed E-state index contributed by atoms with van der Waals surface area (Å²) in [6, 6.07) is -1.33. The summed E-state index contributed by atoms with van der Waals surface area (Å²) in [5.74, 6) is -0.820. The van der Waals surface area contributed by atoms with E-state index >= 15 is 0 Å². The van der Waals surface area contributed by atoms with Crippen molar-refractivity contribution in [3.8, 4) is 0 Å². The van der Waals surface area contributed by atoms with Crippen molar-refractivity contribution in [1.29, 1.82) is 0 Å². The van der Waals surface area contributed by atoms with Crippen LogP contribution < -0.4 is 5.32 Å². The number of carbonyl (C=O) groups excluding carboxylic acids is 3. The maximum atomic E-state index is 12.7. The van der Waals surface area contributed by atoms with Crippen molar-refractivity contribution in [2.45, 2.75) is 71.1 Å². The van der Waals surface area contributed by atoms with Crippen molar-refractivity contribution < 1.29 is 23.9 Å². The molecule has 7 heteroatoms. The predicted molar refractivity (Wildman–Crippen MR) is 87.2 cm³/mol. The Morgan fingerprint density at radius 2 is 1.79 bits per heavy atom. The highest BCUT2D eigenvalue weighted by atomic mass is 16.6. The number of rotatable bonds is 3. The topological polar surface area (TPSA) is 84.9 Å². The molecular weight excluding hydrogens is 312 g/mol. The summed E-state index contributed by atoms with van der Waals surface area (Å²) >= 11 is 0. The van der Waals surface area contributed by atoms with Gasteiger partial charge in [-0.1, -0.05) is 12.8 Å². The fourth-order valence-electron chi connectivity index (χ4n) is 3.68. The van der Waals surface area contributed by atoms with Gasteiger partial charge in [-0.25, -0.2) is 9.59 Å². The smallest absolute Gasteiger partial charge is 0.411 e. The Morgan fingerprint density at radius 1 is 1.21 bits per heavy atom. The Balaban J connectivity index is 2.11. The number of hydrogen-bond donors (Lipinski definition) is 1. The van der Waals surface area contributed by atoms with Gasteiger partial charge >= 0.3 is 12.1 Å². The molecule has 136 valence electrons. The average Bonchev–Trinajstić information content (AvgIpc) is 2.93. The van der Waals surface area contributed by atoms with Gasteiger partial charge in [0.25, 0.3) is 0 Å². The third kappa shape index (κ3) is 3.65. The summed E-state index contributed by atoms with van der Waals surface area (Å²) in [7, 11) is 1.28. The van der Waals surface area contributed by atoms with Gasteiger partial charge in [-0.3, -0.25) is 9.69 Å². The minimum Gasteiger partial charge on any atom is -0.467 e. The summed E-state index contributed by atoms with van der Waals surface area (Å²) in [6.07, 6.45) is 3.45. The summed E-state index contributed by atoms with van der Waals surface area (Å²) in [5.41, 5.74) is -0.799. The minimum atomic E-state index is -0.748. The molecule has 1 heterocycles. The molecule has 1 spiro atoms. The zero-order valence-electron chi connectivity index (χ0n) is 15.2. The van der Waals surface area contributed by atoms with Crippen LogP contribution in [0.5, 0.6) is 0 Å². The largest absolute Gasteiger partial charge is 0.467 e. The molecular formula is C17H28N2O5. The van der Waals surface area contributed by atoms with Crippen LogP contribution in [0.25, 0.3) is 0 Å². The van der Waals surface area contributed by atoms with Crippen molar-refractivity contribution in [1.82, 2.24) is 10.2 Å². The van der Waals surface area contributed by atoms with Gasteiger partial charge in [0.15, 0.2) is 0 Å². The Labute approximate surface area is 143 Å². The van der Waals surface area contributed by atoms with Crippen molar-refractivity contribution in [3.05, 3.63) is 0 Å². The normalized spacial score (nSPS) is 23.4. The van der Waals surface area contributed by atoms with Crippen LogP contribution in [0.4, 0.5) is 4.79 Å². The first-order valence-electron chi connectivity index (χ1n) is 8.47. The Hall–Kier alpha value is -1.79. The number of hydrogen-bond acceptors (Lipinski definition) is 5. The van der Waals surface area contributed by atoms with Crippen molar-refractivity contribution in [2.24, 2.45) is 5.41 Å². The third-order valence-corrected chi connectivity index (χ3v) is 4.77. The lowest BCUT2D eigenvalue weighted by Gasteiger charge is -2.54. The van der Waals surface area contributed by atoms with E-state index in [1.54, 1.807) is 27.7 Å². The molecule has 2 amide bonds. The van der Waals surface area contributed by atoms with Gasteiger partial charge in [0.2, 0.25) is 5.91 Å². The highest BCUT2D eigenvalue weighted by Crippen LogP contribution is 2.51. The molecule has 2 aliphatic rings. The molecule has 1 aliphatic carbocycles. The molecule has 7 nitrogen and oxygen atoms in total. The van der Waals surface area contributed by atoms with Crippen LogP contribution >= 0.6 is 0 Å². The highest BCUT2D eigenvalue weighted by Gasteiger charge is 2.59. The number of methoxy groups -OCH3 is 1. The zero-order valence-corrected chi connectivity index (χ0v) is 15.2. The van der Waals surface area contributed by atoms with Gasteiger partial charge in [0, 0.05) is 12.0 Å². The molecule has 1 aliphatic heterocycles. The summed E-state index contributed by atoms with van der Waals surface area (Å²) < 4.78 is 10.1. The van der Waals surface area contributed by atoms with Gasteiger partial charge in [0.1, 0.15) is 17.7 Å². The first kappa shape index (κ1) is 18.5. The van der Waals surface area contributed by atoms with E-state index in [0.29, 0.717) is 6.54 Å². The number of carbonyl (C=O) groups is 3. The maximum Gasteiger partial charge on any atom is 0.411 e. The first-order valence-corrected chi connectivity index (χ1v) is 8.47. The molecule has 2 fully saturated rings. The van der Waals surface area contributed by atoms with E-state index in [0.717, 1.165) is 25.7 Å². The van der Waals surface area contributed by atoms with Crippen LogP contribution in [0.3, 0.4) is 0 Å². The lowest BCUT2D eigenvalue weighted by molar-refractivity contribution is -0.151. The average molecular weight is 340 g/mol. The molecule has 0 aromatic rings. The standard InChI is InChI=1S/C17H28N2O5/c1-11(14(21)23-5)18-13(20)12-17(8-6-7-9-17)10-19(12)15(22)24-16(2,3)4/h11-12H,6-10H2,1-5H3,(H,18,20)/t11-,12?/m0/s1. The molecule has 2 rings (SSSR count). The number of nitrogens with one attached hydrogen (secondary N) is 1. The minimum absolute atomic E-state index is 0.184. The van der Waals surface area contributed by atoms with Crippen LogP contribution in [-0.2, 0) is 19.1 Å². The molecule has 0 bridgehead atoms. The molecule has 24 heavy (non-hydrogen) atoms. The van der Waals surface area contributed by atoms with E-state index in [1.165, 1.54) is 12.0 Å². The van der Waals surface area contributed by atoms with Crippen LogP contribution in [0.15, 0.2) is 0 Å². The van der Waals surface area contributed by atoms with Crippen molar-refractivity contribution in [2.75, 3.05) is 13.7 Å². The van der Waals surface area contributed by atoms with E-state index in [1.807, 2.05) is 0 Å². The molecule has 1 saturated heterocycles. The van der Waals surface area contributed by atoms with Crippen LogP contribution in [-0.4, -0.2) is 54.2 Å². The van der Waals surface area contributed by atoms with Crippen molar-refractivity contribution in [3.63, 3.8) is 0 Å². The number of amides is 2. The highest BCUT2D eigenvalue weighted by molar-refractivity contribution is 5.91. The number of ether oxygens (including phenoxy) is 2. The molecule has 1 saturated carbocycles. The van der Waals surface area contributed by atoms with E-state index in [9.17, 15) is 14.4 Å². The fourth-order valence-corrected chi connectivity index (χ4v) is 3.68.